The van der Waals surface area contributed by atoms with Crippen LogP contribution in [0.15, 0.2) is 72.8 Å². The minimum Gasteiger partial charge on any atom is -0.457 e. The minimum atomic E-state index is -0.476. The van der Waals surface area contributed by atoms with E-state index in [4.69, 9.17) is 10.00 Å². The Balaban J connectivity index is 1.59. The van der Waals surface area contributed by atoms with Gasteiger partial charge in [-0.2, -0.15) is 5.26 Å². The van der Waals surface area contributed by atoms with Crippen LogP contribution in [0.25, 0.3) is 0 Å². The zero-order valence-electron chi connectivity index (χ0n) is 15.8. The van der Waals surface area contributed by atoms with Crippen LogP contribution in [0.1, 0.15) is 18.1 Å². The van der Waals surface area contributed by atoms with Crippen molar-refractivity contribution in [2.24, 2.45) is 0 Å². The van der Waals surface area contributed by atoms with Crippen molar-refractivity contribution in [3.8, 4) is 17.6 Å². The molecule has 3 rings (SSSR count). The maximum atomic E-state index is 12.4. The van der Waals surface area contributed by atoms with Crippen molar-refractivity contribution in [3.05, 3.63) is 83.9 Å². The number of rotatable bonds is 6. The van der Waals surface area contributed by atoms with E-state index in [1.54, 1.807) is 31.2 Å². The Morgan fingerprint density at radius 1 is 0.964 bits per heavy atom. The maximum absolute atomic E-state index is 12.4. The third-order valence-electron chi connectivity index (χ3n) is 4.19. The summed E-state index contributed by atoms with van der Waals surface area (Å²) in [6, 6.07) is 23.8. The first kappa shape index (κ1) is 19.0. The molecule has 2 N–H and O–H groups in total. The van der Waals surface area contributed by atoms with Gasteiger partial charge in [0.25, 0.3) is 0 Å². The van der Waals surface area contributed by atoms with Gasteiger partial charge in [-0.05, 0) is 62.4 Å². The summed E-state index contributed by atoms with van der Waals surface area (Å²) in [5.74, 6) is 1.27. The van der Waals surface area contributed by atoms with Crippen molar-refractivity contribution < 1.29 is 9.53 Å². The minimum absolute atomic E-state index is 0.220. The molecule has 1 amide bonds. The molecule has 0 bridgehead atoms. The van der Waals surface area contributed by atoms with E-state index in [9.17, 15) is 4.79 Å². The smallest absolute Gasteiger partial charge is 0.246 e. The average molecular weight is 371 g/mol. The summed E-state index contributed by atoms with van der Waals surface area (Å²) in [4.78, 5) is 12.4. The SMILES string of the molecule is Cc1ccc(Oc2ccc(N[C@H](C)C(=O)Nc3ccccc3C#N)cc2)cc1. The number of aryl methyl sites for hydroxylation is 1. The summed E-state index contributed by atoms with van der Waals surface area (Å²) in [5.41, 5.74) is 2.91. The molecule has 0 fully saturated rings. The van der Waals surface area contributed by atoms with Gasteiger partial charge >= 0.3 is 0 Å². The molecule has 0 saturated heterocycles. The van der Waals surface area contributed by atoms with E-state index in [1.807, 2.05) is 55.5 Å². The normalized spacial score (nSPS) is 11.2. The van der Waals surface area contributed by atoms with Gasteiger partial charge in [0.05, 0.1) is 11.3 Å². The Morgan fingerprint density at radius 3 is 2.21 bits per heavy atom. The first-order valence-electron chi connectivity index (χ1n) is 8.96. The number of hydrogen-bond acceptors (Lipinski definition) is 4. The van der Waals surface area contributed by atoms with E-state index in [2.05, 4.69) is 16.7 Å². The molecule has 5 nitrogen and oxygen atoms in total. The zero-order chi connectivity index (χ0) is 19.9. The molecule has 0 spiro atoms. The van der Waals surface area contributed by atoms with Gasteiger partial charge in [0.1, 0.15) is 23.6 Å². The third kappa shape index (κ3) is 4.89. The van der Waals surface area contributed by atoms with Crippen LogP contribution in [0.4, 0.5) is 11.4 Å². The Hall–Kier alpha value is -3.78. The van der Waals surface area contributed by atoms with E-state index in [0.717, 1.165) is 17.2 Å². The van der Waals surface area contributed by atoms with Crippen LogP contribution in [0.2, 0.25) is 0 Å². The number of nitrogens with one attached hydrogen (secondary N) is 2. The van der Waals surface area contributed by atoms with Crippen LogP contribution >= 0.6 is 0 Å². The van der Waals surface area contributed by atoms with E-state index < -0.39 is 6.04 Å². The fraction of sp³-hybridized carbons (Fsp3) is 0.130. The maximum Gasteiger partial charge on any atom is 0.246 e. The van der Waals surface area contributed by atoms with Crippen LogP contribution < -0.4 is 15.4 Å². The van der Waals surface area contributed by atoms with Crippen molar-refractivity contribution >= 4 is 17.3 Å². The number of amides is 1. The van der Waals surface area contributed by atoms with Gasteiger partial charge in [0, 0.05) is 5.69 Å². The monoisotopic (exact) mass is 371 g/mol. The van der Waals surface area contributed by atoms with Crippen LogP contribution in [-0.4, -0.2) is 11.9 Å². The van der Waals surface area contributed by atoms with Gasteiger partial charge < -0.3 is 15.4 Å². The molecule has 0 heterocycles. The van der Waals surface area contributed by atoms with Gasteiger partial charge in [0.15, 0.2) is 0 Å². The average Bonchev–Trinajstić information content (AvgIpc) is 2.71. The first-order chi connectivity index (χ1) is 13.5. The number of ether oxygens (including phenoxy) is 1. The van der Waals surface area contributed by atoms with E-state index in [0.29, 0.717) is 11.3 Å². The molecule has 3 aromatic carbocycles. The lowest BCUT2D eigenvalue weighted by Crippen LogP contribution is -2.32. The lowest BCUT2D eigenvalue weighted by molar-refractivity contribution is -0.116. The van der Waals surface area contributed by atoms with Gasteiger partial charge in [-0.1, -0.05) is 29.8 Å². The largest absolute Gasteiger partial charge is 0.457 e. The van der Waals surface area contributed by atoms with Crippen molar-refractivity contribution in [1.82, 2.24) is 0 Å². The second-order valence-electron chi connectivity index (χ2n) is 6.45. The lowest BCUT2D eigenvalue weighted by Gasteiger charge is -2.16. The summed E-state index contributed by atoms with van der Waals surface area (Å²) >= 11 is 0. The molecule has 5 heteroatoms. The molecule has 0 saturated carbocycles. The number of carbonyl (C=O) groups is 1. The number of anilines is 2. The molecule has 140 valence electrons. The van der Waals surface area contributed by atoms with Gasteiger partial charge in [-0.15, -0.1) is 0 Å². The molecule has 0 aliphatic rings. The van der Waals surface area contributed by atoms with Crippen LogP contribution in [0.3, 0.4) is 0 Å². The highest BCUT2D eigenvalue weighted by Gasteiger charge is 2.14. The molecule has 3 aromatic rings. The quantitative estimate of drug-likeness (QED) is 0.632. The highest BCUT2D eigenvalue weighted by molar-refractivity contribution is 5.97. The van der Waals surface area contributed by atoms with Gasteiger partial charge in [-0.3, -0.25) is 4.79 Å². The number of carbonyl (C=O) groups excluding carboxylic acids is 1. The summed E-state index contributed by atoms with van der Waals surface area (Å²) < 4.78 is 5.81. The predicted octanol–water partition coefficient (Wildman–Crippen LogP) is 5.10. The van der Waals surface area contributed by atoms with E-state index in [-0.39, 0.29) is 5.91 Å². The fourth-order valence-corrected chi connectivity index (χ4v) is 2.61. The molecule has 1 atom stereocenters. The number of hydrogen-bond donors (Lipinski definition) is 2. The zero-order valence-corrected chi connectivity index (χ0v) is 15.8. The number of benzene rings is 3. The molecular weight excluding hydrogens is 350 g/mol. The third-order valence-corrected chi connectivity index (χ3v) is 4.19. The van der Waals surface area contributed by atoms with Crippen LogP contribution in [0.5, 0.6) is 11.5 Å². The first-order valence-corrected chi connectivity index (χ1v) is 8.96. The van der Waals surface area contributed by atoms with Crippen LogP contribution in [-0.2, 0) is 4.79 Å². The lowest BCUT2D eigenvalue weighted by atomic mass is 10.2. The van der Waals surface area contributed by atoms with Crippen LogP contribution in [0, 0.1) is 18.3 Å². The number of nitrogens with zero attached hydrogens (tertiary/aromatic N) is 1. The summed E-state index contributed by atoms with van der Waals surface area (Å²) in [6.07, 6.45) is 0. The Morgan fingerprint density at radius 2 is 1.57 bits per heavy atom. The molecule has 0 radical (unpaired) electrons. The fourth-order valence-electron chi connectivity index (χ4n) is 2.61. The van der Waals surface area contributed by atoms with Gasteiger partial charge in [-0.25, -0.2) is 0 Å². The Labute approximate surface area is 164 Å². The Bertz CT molecular complexity index is 990. The predicted molar refractivity (Wildman–Crippen MR) is 111 cm³/mol. The van der Waals surface area contributed by atoms with Crippen molar-refractivity contribution in [2.45, 2.75) is 19.9 Å². The molecule has 28 heavy (non-hydrogen) atoms. The van der Waals surface area contributed by atoms with E-state index in [1.165, 1.54) is 5.56 Å². The number of para-hydroxylation sites is 1. The summed E-state index contributed by atoms with van der Waals surface area (Å²) in [5, 5.41) is 15.1. The second kappa shape index (κ2) is 8.74. The second-order valence-corrected chi connectivity index (χ2v) is 6.45. The van der Waals surface area contributed by atoms with Crippen molar-refractivity contribution in [3.63, 3.8) is 0 Å². The summed E-state index contributed by atoms with van der Waals surface area (Å²) in [6.45, 7) is 3.79. The molecule has 0 aliphatic carbocycles. The molecule has 0 aromatic heterocycles. The van der Waals surface area contributed by atoms with Gasteiger partial charge in [0.2, 0.25) is 5.91 Å². The van der Waals surface area contributed by atoms with Crippen molar-refractivity contribution in [2.75, 3.05) is 10.6 Å². The highest BCUT2D eigenvalue weighted by Crippen LogP contribution is 2.23. The number of nitriles is 1. The van der Waals surface area contributed by atoms with Crippen molar-refractivity contribution in [1.29, 1.82) is 5.26 Å². The molecular formula is C23H21N3O2. The summed E-state index contributed by atoms with van der Waals surface area (Å²) in [7, 11) is 0. The molecule has 0 aliphatic heterocycles. The standard InChI is InChI=1S/C23H21N3O2/c1-16-7-11-20(12-8-16)28-21-13-9-19(10-14-21)25-17(2)23(27)26-22-6-4-3-5-18(22)15-24/h3-14,17,25H,1-2H3,(H,26,27)/t17-/m1/s1. The topological polar surface area (TPSA) is 74.2 Å². The Kier molecular flexibility index (Phi) is 5.93. The molecule has 0 unspecified atom stereocenters. The highest BCUT2D eigenvalue weighted by atomic mass is 16.5. The van der Waals surface area contributed by atoms with E-state index >= 15 is 0 Å².